The lowest BCUT2D eigenvalue weighted by atomic mass is 10.1. The van der Waals surface area contributed by atoms with E-state index in [-0.39, 0.29) is 11.7 Å². The second-order valence-corrected chi connectivity index (χ2v) is 9.57. The number of thioether (sulfide) groups is 1. The number of amides is 1. The van der Waals surface area contributed by atoms with Crippen LogP contribution in [-0.2, 0) is 11.2 Å². The number of hydrogen-bond donors (Lipinski definition) is 0. The number of halogens is 1. The molecule has 0 aliphatic carbocycles. The van der Waals surface area contributed by atoms with Gasteiger partial charge in [-0.25, -0.2) is 9.37 Å². The number of carbonyl (C=O) groups excluding carboxylic acids is 1. The molecule has 0 unspecified atom stereocenters. The Bertz CT molecular complexity index is 997. The highest BCUT2D eigenvalue weighted by molar-refractivity contribution is 7.99. The van der Waals surface area contributed by atoms with E-state index in [4.69, 9.17) is 4.98 Å². The second-order valence-electron chi connectivity index (χ2n) is 7.39. The molecule has 0 saturated carbocycles. The summed E-state index contributed by atoms with van der Waals surface area (Å²) in [7, 11) is 0. The van der Waals surface area contributed by atoms with Crippen molar-refractivity contribution in [2.45, 2.75) is 31.1 Å². The summed E-state index contributed by atoms with van der Waals surface area (Å²) in [6.45, 7) is 5.33. The van der Waals surface area contributed by atoms with Crippen molar-refractivity contribution in [2.24, 2.45) is 0 Å². The first-order chi connectivity index (χ1) is 14.6. The van der Waals surface area contributed by atoms with E-state index in [1.54, 1.807) is 35.2 Å². The molecule has 1 aliphatic rings. The van der Waals surface area contributed by atoms with Crippen LogP contribution in [0.2, 0.25) is 0 Å². The highest BCUT2D eigenvalue weighted by Crippen LogP contribution is 2.31. The van der Waals surface area contributed by atoms with Gasteiger partial charge in [-0.2, -0.15) is 0 Å². The fourth-order valence-electron chi connectivity index (χ4n) is 3.66. The highest BCUT2D eigenvalue weighted by atomic mass is 32.2. The number of carbonyl (C=O) groups is 1. The van der Waals surface area contributed by atoms with Gasteiger partial charge in [-0.3, -0.25) is 4.79 Å². The van der Waals surface area contributed by atoms with Crippen molar-refractivity contribution in [3.63, 3.8) is 0 Å². The molecule has 0 spiro atoms. The smallest absolute Gasteiger partial charge is 0.222 e. The first-order valence-corrected chi connectivity index (χ1v) is 12.2. The molecule has 7 heteroatoms. The molecule has 1 saturated heterocycles. The summed E-state index contributed by atoms with van der Waals surface area (Å²) in [6.07, 6.45) is 2.39. The van der Waals surface area contributed by atoms with Crippen LogP contribution in [0.15, 0.2) is 47.4 Å². The zero-order valence-electron chi connectivity index (χ0n) is 17.1. The summed E-state index contributed by atoms with van der Waals surface area (Å²) >= 11 is 3.41. The van der Waals surface area contributed by atoms with Gasteiger partial charge in [0.25, 0.3) is 0 Å². The Labute approximate surface area is 185 Å². The third kappa shape index (κ3) is 4.95. The molecule has 2 heterocycles. The average molecular weight is 444 g/mol. The lowest BCUT2D eigenvalue weighted by molar-refractivity contribution is -0.131. The van der Waals surface area contributed by atoms with Gasteiger partial charge in [0.15, 0.2) is 5.13 Å². The third-order valence-corrected chi connectivity index (χ3v) is 7.57. The van der Waals surface area contributed by atoms with E-state index >= 15 is 0 Å². The van der Waals surface area contributed by atoms with Crippen molar-refractivity contribution >= 4 is 44.4 Å². The fraction of sp³-hybridized carbons (Fsp3) is 0.391. The Morgan fingerprint density at radius 3 is 2.63 bits per heavy atom. The predicted molar refractivity (Wildman–Crippen MR) is 124 cm³/mol. The van der Waals surface area contributed by atoms with Gasteiger partial charge in [0, 0.05) is 37.5 Å². The van der Waals surface area contributed by atoms with Crippen LogP contribution in [0.4, 0.5) is 9.52 Å². The van der Waals surface area contributed by atoms with E-state index in [1.165, 1.54) is 22.4 Å². The number of hydrogen-bond acceptors (Lipinski definition) is 5. The Balaban J connectivity index is 1.24. The quantitative estimate of drug-likeness (QED) is 0.371. The minimum absolute atomic E-state index is 0.217. The first kappa shape index (κ1) is 21.1. The molecule has 0 atom stereocenters. The molecule has 0 N–H and O–H groups in total. The topological polar surface area (TPSA) is 36.4 Å². The van der Waals surface area contributed by atoms with Crippen molar-refractivity contribution in [1.29, 1.82) is 0 Å². The summed E-state index contributed by atoms with van der Waals surface area (Å²) in [6, 6.07) is 12.9. The zero-order chi connectivity index (χ0) is 20.9. The minimum Gasteiger partial charge on any atom is -0.345 e. The lowest BCUT2D eigenvalue weighted by Crippen LogP contribution is -2.48. The number of fused-ring (bicyclic) bond motifs is 1. The standard InChI is InChI=1S/C23H26FN3OS2/c1-2-17-5-3-6-20-22(17)25-23(30-20)27-14-12-26(13-15-27)21(28)7-4-16-29-19-10-8-18(24)9-11-19/h3,5-6,8-11H,2,4,7,12-16H2,1H3. The Morgan fingerprint density at radius 1 is 1.13 bits per heavy atom. The van der Waals surface area contributed by atoms with E-state index in [1.807, 2.05) is 4.90 Å². The molecule has 1 fully saturated rings. The van der Waals surface area contributed by atoms with Crippen LogP contribution in [0.5, 0.6) is 0 Å². The van der Waals surface area contributed by atoms with Gasteiger partial charge >= 0.3 is 0 Å². The van der Waals surface area contributed by atoms with Gasteiger partial charge in [-0.1, -0.05) is 30.4 Å². The molecule has 1 aliphatic heterocycles. The van der Waals surface area contributed by atoms with Crippen molar-refractivity contribution in [2.75, 3.05) is 36.8 Å². The van der Waals surface area contributed by atoms with Crippen molar-refractivity contribution in [3.05, 3.63) is 53.8 Å². The number of aryl methyl sites for hydroxylation is 1. The summed E-state index contributed by atoms with van der Waals surface area (Å²) in [5.74, 6) is 0.875. The maximum absolute atomic E-state index is 12.9. The predicted octanol–water partition coefficient (Wildman–Crippen LogP) is 5.22. The van der Waals surface area contributed by atoms with Crippen LogP contribution in [0, 0.1) is 5.82 Å². The van der Waals surface area contributed by atoms with Gasteiger partial charge in [-0.15, -0.1) is 11.8 Å². The fourth-order valence-corrected chi connectivity index (χ4v) is 5.58. The number of nitrogens with zero attached hydrogens (tertiary/aromatic N) is 3. The number of para-hydroxylation sites is 1. The second kappa shape index (κ2) is 9.79. The molecular formula is C23H26FN3OS2. The van der Waals surface area contributed by atoms with Crippen LogP contribution in [0.3, 0.4) is 0 Å². The summed E-state index contributed by atoms with van der Waals surface area (Å²) in [5, 5.41) is 1.06. The van der Waals surface area contributed by atoms with Gasteiger partial charge in [0.05, 0.1) is 10.2 Å². The van der Waals surface area contributed by atoms with Gasteiger partial charge < -0.3 is 9.80 Å². The number of piperazine rings is 1. The molecule has 4 nitrogen and oxygen atoms in total. The van der Waals surface area contributed by atoms with Crippen LogP contribution in [0.25, 0.3) is 10.2 Å². The molecule has 2 aromatic carbocycles. The molecule has 30 heavy (non-hydrogen) atoms. The Hall–Kier alpha value is -2.12. The van der Waals surface area contributed by atoms with Crippen molar-refractivity contribution < 1.29 is 9.18 Å². The summed E-state index contributed by atoms with van der Waals surface area (Å²) in [4.78, 5) is 22.8. The van der Waals surface area contributed by atoms with Crippen LogP contribution in [0.1, 0.15) is 25.3 Å². The Kier molecular flexibility index (Phi) is 6.89. The molecule has 1 aromatic heterocycles. The highest BCUT2D eigenvalue weighted by Gasteiger charge is 2.23. The number of benzene rings is 2. The SMILES string of the molecule is CCc1cccc2sc(N3CCN(C(=O)CCCSc4ccc(F)cc4)CC3)nc12. The summed E-state index contributed by atoms with van der Waals surface area (Å²) in [5.41, 5.74) is 2.42. The largest absolute Gasteiger partial charge is 0.345 e. The number of rotatable bonds is 7. The number of aromatic nitrogens is 1. The third-order valence-electron chi connectivity index (χ3n) is 5.39. The molecular weight excluding hydrogens is 417 g/mol. The molecule has 3 aromatic rings. The van der Waals surface area contributed by atoms with E-state index < -0.39 is 0 Å². The van der Waals surface area contributed by atoms with Crippen LogP contribution < -0.4 is 4.90 Å². The maximum Gasteiger partial charge on any atom is 0.222 e. The van der Waals surface area contributed by atoms with E-state index in [0.29, 0.717) is 6.42 Å². The van der Waals surface area contributed by atoms with Crippen LogP contribution >= 0.6 is 23.1 Å². The van der Waals surface area contributed by atoms with Crippen molar-refractivity contribution in [1.82, 2.24) is 9.88 Å². The van der Waals surface area contributed by atoms with Crippen LogP contribution in [-0.4, -0.2) is 47.7 Å². The lowest BCUT2D eigenvalue weighted by Gasteiger charge is -2.34. The van der Waals surface area contributed by atoms with E-state index in [9.17, 15) is 9.18 Å². The minimum atomic E-state index is -0.217. The molecule has 1 amide bonds. The number of thiazole rings is 1. The van der Waals surface area contributed by atoms with Gasteiger partial charge in [0.1, 0.15) is 5.82 Å². The first-order valence-electron chi connectivity index (χ1n) is 10.4. The zero-order valence-corrected chi connectivity index (χ0v) is 18.8. The normalized spacial score (nSPS) is 14.5. The van der Waals surface area contributed by atoms with Crippen molar-refractivity contribution in [3.8, 4) is 0 Å². The molecule has 4 rings (SSSR count). The van der Waals surface area contributed by atoms with E-state index in [0.717, 1.165) is 60.3 Å². The van der Waals surface area contributed by atoms with Gasteiger partial charge in [0.2, 0.25) is 5.91 Å². The Morgan fingerprint density at radius 2 is 1.90 bits per heavy atom. The monoisotopic (exact) mass is 443 g/mol. The maximum atomic E-state index is 12.9. The molecule has 0 bridgehead atoms. The molecule has 0 radical (unpaired) electrons. The number of anilines is 1. The van der Waals surface area contributed by atoms with Gasteiger partial charge in [-0.05, 0) is 54.5 Å². The average Bonchev–Trinajstić information content (AvgIpc) is 3.22. The molecule has 158 valence electrons. The van der Waals surface area contributed by atoms with E-state index in [2.05, 4.69) is 30.0 Å². The summed E-state index contributed by atoms with van der Waals surface area (Å²) < 4.78 is 14.2.